The second-order valence-corrected chi connectivity index (χ2v) is 2.33. The predicted molar refractivity (Wildman–Crippen MR) is 42.3 cm³/mol. The van der Waals surface area contributed by atoms with E-state index in [0.29, 0.717) is 5.82 Å². The van der Waals surface area contributed by atoms with Gasteiger partial charge in [0, 0.05) is 12.3 Å². The van der Waals surface area contributed by atoms with E-state index in [1.54, 1.807) is 0 Å². The lowest BCUT2D eigenvalue weighted by molar-refractivity contribution is 0.607. The molecule has 1 rings (SSSR count). The Bertz CT molecular complexity index is 281. The Kier molecular flexibility index (Phi) is 2.38. The number of hydrogen-bond donors (Lipinski definition) is 2. The monoisotopic (exact) mass is 153 g/mol. The Morgan fingerprint density at radius 2 is 2.45 bits per heavy atom. The quantitative estimate of drug-likeness (QED) is 0.631. The lowest BCUT2D eigenvalue weighted by atomic mass is 10.3. The third-order valence-corrected chi connectivity index (χ3v) is 1.53. The molecule has 0 spiro atoms. The molecule has 0 saturated carbocycles. The van der Waals surface area contributed by atoms with Crippen LogP contribution in [0.15, 0.2) is 17.1 Å². The average Bonchev–Trinajstić information content (AvgIpc) is 2.03. The maximum absolute atomic E-state index is 10.8. The molecule has 0 bridgehead atoms. The highest BCUT2D eigenvalue weighted by Crippen LogP contribution is 2.00. The zero-order chi connectivity index (χ0) is 8.27. The number of H-pyrrole nitrogens is 1. The summed E-state index contributed by atoms with van der Waals surface area (Å²) in [5, 5.41) is 2.98. The van der Waals surface area contributed by atoms with Gasteiger partial charge in [-0.1, -0.05) is 0 Å². The van der Waals surface area contributed by atoms with Crippen LogP contribution < -0.4 is 10.9 Å². The second-order valence-electron chi connectivity index (χ2n) is 2.33. The minimum absolute atomic E-state index is 0.0869. The molecule has 4 nitrogen and oxygen atoms in total. The van der Waals surface area contributed by atoms with Crippen molar-refractivity contribution >= 4 is 0 Å². The van der Waals surface area contributed by atoms with Crippen LogP contribution in [0.4, 0.5) is 0 Å². The summed E-state index contributed by atoms with van der Waals surface area (Å²) in [6.45, 7) is 1.93. The molecule has 0 fully saturated rings. The molecule has 0 saturated heterocycles. The summed E-state index contributed by atoms with van der Waals surface area (Å²) in [6, 6.07) is 1.48. The largest absolute Gasteiger partial charge is 0.311 e. The van der Waals surface area contributed by atoms with Gasteiger partial charge in [-0.25, -0.2) is 4.98 Å². The minimum Gasteiger partial charge on any atom is -0.311 e. The Hall–Kier alpha value is -1.16. The molecule has 0 amide bonds. The Labute approximate surface area is 64.7 Å². The topological polar surface area (TPSA) is 57.8 Å². The van der Waals surface area contributed by atoms with E-state index in [-0.39, 0.29) is 11.6 Å². The minimum atomic E-state index is -0.114. The normalized spacial score (nSPS) is 12.9. The Morgan fingerprint density at radius 3 is 3.00 bits per heavy atom. The van der Waals surface area contributed by atoms with Gasteiger partial charge in [0.2, 0.25) is 0 Å². The van der Waals surface area contributed by atoms with E-state index in [2.05, 4.69) is 15.3 Å². The van der Waals surface area contributed by atoms with Crippen LogP contribution in [-0.4, -0.2) is 17.0 Å². The highest BCUT2D eigenvalue weighted by Gasteiger charge is 2.02. The van der Waals surface area contributed by atoms with E-state index in [1.165, 1.54) is 12.3 Å². The Morgan fingerprint density at radius 1 is 1.73 bits per heavy atom. The van der Waals surface area contributed by atoms with E-state index >= 15 is 0 Å². The summed E-state index contributed by atoms with van der Waals surface area (Å²) >= 11 is 0. The molecule has 0 aliphatic rings. The molecule has 4 heteroatoms. The molecular weight excluding hydrogens is 142 g/mol. The van der Waals surface area contributed by atoms with Crippen LogP contribution in [0.3, 0.4) is 0 Å². The van der Waals surface area contributed by atoms with Crippen LogP contribution in [-0.2, 0) is 0 Å². The molecule has 0 aliphatic heterocycles. The Balaban J connectivity index is 2.96. The van der Waals surface area contributed by atoms with Gasteiger partial charge in [-0.2, -0.15) is 0 Å². The summed E-state index contributed by atoms with van der Waals surface area (Å²) < 4.78 is 0. The van der Waals surface area contributed by atoms with Crippen molar-refractivity contribution in [3.05, 3.63) is 28.4 Å². The summed E-state index contributed by atoms with van der Waals surface area (Å²) in [4.78, 5) is 17.4. The summed E-state index contributed by atoms with van der Waals surface area (Å²) in [6.07, 6.45) is 1.50. The maximum Gasteiger partial charge on any atom is 0.250 e. The van der Waals surface area contributed by atoms with Gasteiger partial charge in [-0.05, 0) is 14.0 Å². The highest BCUT2D eigenvalue weighted by atomic mass is 16.1. The highest BCUT2D eigenvalue weighted by molar-refractivity contribution is 4.93. The fourth-order valence-electron chi connectivity index (χ4n) is 0.742. The smallest absolute Gasteiger partial charge is 0.250 e. The van der Waals surface area contributed by atoms with E-state index in [1.807, 2.05) is 14.0 Å². The van der Waals surface area contributed by atoms with E-state index in [4.69, 9.17) is 0 Å². The first-order valence-electron chi connectivity index (χ1n) is 3.46. The number of nitrogens with zero attached hydrogens (tertiary/aromatic N) is 1. The molecule has 1 unspecified atom stereocenters. The van der Waals surface area contributed by atoms with E-state index < -0.39 is 0 Å². The van der Waals surface area contributed by atoms with E-state index in [0.717, 1.165) is 0 Å². The molecule has 1 aromatic rings. The third kappa shape index (κ3) is 1.88. The molecule has 0 aromatic carbocycles. The fourth-order valence-corrected chi connectivity index (χ4v) is 0.742. The predicted octanol–water partition coefficient (Wildman–Crippen LogP) is 0.0503. The summed E-state index contributed by atoms with van der Waals surface area (Å²) in [7, 11) is 1.82. The van der Waals surface area contributed by atoms with Crippen LogP contribution in [0, 0.1) is 0 Å². The van der Waals surface area contributed by atoms with Crippen LogP contribution >= 0.6 is 0 Å². The van der Waals surface area contributed by atoms with Crippen molar-refractivity contribution in [3.8, 4) is 0 Å². The van der Waals surface area contributed by atoms with Crippen molar-refractivity contribution in [3.63, 3.8) is 0 Å². The first-order chi connectivity index (χ1) is 5.24. The molecular formula is C7H11N3O. The zero-order valence-corrected chi connectivity index (χ0v) is 6.59. The van der Waals surface area contributed by atoms with Crippen molar-refractivity contribution in [1.82, 2.24) is 15.3 Å². The molecule has 0 aliphatic carbocycles. The molecule has 0 radical (unpaired) electrons. The zero-order valence-electron chi connectivity index (χ0n) is 6.59. The van der Waals surface area contributed by atoms with Gasteiger partial charge in [0.05, 0.1) is 6.04 Å². The van der Waals surface area contributed by atoms with Crippen molar-refractivity contribution < 1.29 is 0 Å². The summed E-state index contributed by atoms with van der Waals surface area (Å²) in [5.41, 5.74) is -0.114. The first-order valence-corrected chi connectivity index (χ1v) is 3.46. The molecule has 1 aromatic heterocycles. The lowest BCUT2D eigenvalue weighted by Crippen LogP contribution is -2.19. The van der Waals surface area contributed by atoms with Crippen molar-refractivity contribution in [2.75, 3.05) is 7.05 Å². The SMILES string of the molecule is CNC(C)c1nccc(=O)[nH]1. The van der Waals surface area contributed by atoms with Gasteiger partial charge in [0.1, 0.15) is 5.82 Å². The molecule has 1 atom stereocenters. The number of nitrogens with one attached hydrogen (secondary N) is 2. The van der Waals surface area contributed by atoms with Crippen molar-refractivity contribution in [1.29, 1.82) is 0 Å². The van der Waals surface area contributed by atoms with Gasteiger partial charge in [0.15, 0.2) is 0 Å². The third-order valence-electron chi connectivity index (χ3n) is 1.53. The summed E-state index contributed by atoms with van der Waals surface area (Å²) in [5.74, 6) is 0.667. The lowest BCUT2D eigenvalue weighted by Gasteiger charge is -2.06. The van der Waals surface area contributed by atoms with Gasteiger partial charge < -0.3 is 10.3 Å². The van der Waals surface area contributed by atoms with Gasteiger partial charge in [0.25, 0.3) is 5.56 Å². The number of aromatic nitrogens is 2. The molecule has 2 N–H and O–H groups in total. The first kappa shape index (κ1) is 7.94. The molecule has 60 valence electrons. The number of hydrogen-bond acceptors (Lipinski definition) is 3. The molecule has 11 heavy (non-hydrogen) atoms. The van der Waals surface area contributed by atoms with Crippen molar-refractivity contribution in [2.45, 2.75) is 13.0 Å². The van der Waals surface area contributed by atoms with Gasteiger partial charge in [-0.3, -0.25) is 4.79 Å². The standard InChI is InChI=1S/C7H11N3O/c1-5(8-2)7-9-4-3-6(11)10-7/h3-5,8H,1-2H3,(H,9,10,11). The van der Waals surface area contributed by atoms with Crippen molar-refractivity contribution in [2.24, 2.45) is 0 Å². The van der Waals surface area contributed by atoms with Gasteiger partial charge >= 0.3 is 0 Å². The fraction of sp³-hybridized carbons (Fsp3) is 0.429. The second kappa shape index (κ2) is 3.30. The van der Waals surface area contributed by atoms with Crippen LogP contribution in [0.25, 0.3) is 0 Å². The number of rotatable bonds is 2. The van der Waals surface area contributed by atoms with Crippen LogP contribution in [0.5, 0.6) is 0 Å². The molecule has 1 heterocycles. The number of aromatic amines is 1. The van der Waals surface area contributed by atoms with Crippen LogP contribution in [0.1, 0.15) is 18.8 Å². The van der Waals surface area contributed by atoms with E-state index in [9.17, 15) is 4.79 Å². The van der Waals surface area contributed by atoms with Gasteiger partial charge in [-0.15, -0.1) is 0 Å². The van der Waals surface area contributed by atoms with Crippen LogP contribution in [0.2, 0.25) is 0 Å². The maximum atomic E-state index is 10.8. The average molecular weight is 153 g/mol.